The highest BCUT2D eigenvalue weighted by molar-refractivity contribution is 7.89. The summed E-state index contributed by atoms with van der Waals surface area (Å²) in [5, 5.41) is 2.90. The molecule has 0 unspecified atom stereocenters. The number of carbonyl (C=O) groups excluding carboxylic acids is 2. The highest BCUT2D eigenvalue weighted by Crippen LogP contribution is 2.31. The Balaban J connectivity index is 0.000000732. The Hall–Kier alpha value is -3.27. The fraction of sp³-hybridized carbons (Fsp3) is 0.391. The van der Waals surface area contributed by atoms with Crippen LogP contribution in [-0.4, -0.2) is 84.1 Å². The smallest absolute Gasteiger partial charge is 0.414 e. The number of alkyl halides is 2. The number of amides is 1. The van der Waals surface area contributed by atoms with Crippen molar-refractivity contribution >= 4 is 33.8 Å². The van der Waals surface area contributed by atoms with Crippen LogP contribution in [0.25, 0.3) is 0 Å². The van der Waals surface area contributed by atoms with Gasteiger partial charge in [0.1, 0.15) is 11.8 Å². The van der Waals surface area contributed by atoms with Gasteiger partial charge in [-0.3, -0.25) is 9.69 Å². The number of benzene rings is 2. The summed E-state index contributed by atoms with van der Waals surface area (Å²) in [5.41, 5.74) is 2.62. The van der Waals surface area contributed by atoms with Gasteiger partial charge < -0.3 is 15.0 Å². The van der Waals surface area contributed by atoms with Crippen LogP contribution in [0, 0.1) is 11.6 Å². The molecule has 2 saturated heterocycles. The second-order valence-electron chi connectivity index (χ2n) is 8.19. The molecule has 0 radical (unpaired) electrons. The number of likely N-dealkylation sites (N-methyl/N-ethyl adjacent to an activating group) is 1. The van der Waals surface area contributed by atoms with E-state index in [2.05, 4.69) is 10.7 Å². The van der Waals surface area contributed by atoms with Crippen LogP contribution in [0.1, 0.15) is 0 Å². The first-order valence-corrected chi connectivity index (χ1v) is 12.9. The summed E-state index contributed by atoms with van der Waals surface area (Å²) < 4.78 is 82.8. The van der Waals surface area contributed by atoms with E-state index >= 15 is 8.78 Å². The monoisotopic (exact) mass is 561 g/mol. The number of aldehydes is 1. The molecule has 0 aromatic heterocycles. The molecule has 2 heterocycles. The van der Waals surface area contributed by atoms with Crippen molar-refractivity contribution in [1.82, 2.24) is 15.2 Å². The van der Waals surface area contributed by atoms with E-state index in [0.29, 0.717) is 6.54 Å². The lowest BCUT2D eigenvalue weighted by Gasteiger charge is -2.25. The Labute approximate surface area is 217 Å². The quantitative estimate of drug-likeness (QED) is 0.390. The number of halogens is 4. The lowest BCUT2D eigenvalue weighted by molar-refractivity contribution is -0.116. The van der Waals surface area contributed by atoms with Crippen molar-refractivity contribution in [3.8, 4) is 0 Å². The number of hydrogen-bond donors (Lipinski definition) is 2. The number of cyclic esters (lactones) is 1. The van der Waals surface area contributed by atoms with Crippen LogP contribution in [0.5, 0.6) is 0 Å². The van der Waals surface area contributed by atoms with Gasteiger partial charge in [-0.15, -0.1) is 4.41 Å². The number of anilines is 2. The number of nitrogens with one attached hydrogen (secondary N) is 2. The number of hydrazine groups is 1. The minimum atomic E-state index is -3.80. The van der Waals surface area contributed by atoms with E-state index in [1.165, 1.54) is 21.9 Å². The summed E-state index contributed by atoms with van der Waals surface area (Å²) in [6, 6.07) is 10.1. The lowest BCUT2D eigenvalue weighted by Crippen LogP contribution is -2.43. The van der Waals surface area contributed by atoms with Gasteiger partial charge in [0.05, 0.1) is 17.1 Å². The summed E-state index contributed by atoms with van der Waals surface area (Å²) in [7, 11) is -2.09. The molecular weight excluding hydrogens is 534 g/mol. The maximum Gasteiger partial charge on any atom is 0.414 e. The molecule has 0 aliphatic carbocycles. The van der Waals surface area contributed by atoms with E-state index in [1.807, 2.05) is 0 Å². The van der Waals surface area contributed by atoms with Gasteiger partial charge in [0.2, 0.25) is 0 Å². The largest absolute Gasteiger partial charge is 0.443 e. The van der Waals surface area contributed by atoms with Crippen LogP contribution in [0.4, 0.5) is 33.7 Å². The summed E-state index contributed by atoms with van der Waals surface area (Å²) in [6.07, 6.45) is -4.29. The minimum Gasteiger partial charge on any atom is -0.443 e. The number of rotatable bonds is 7. The summed E-state index contributed by atoms with van der Waals surface area (Å²) in [4.78, 5) is 23.6. The van der Waals surface area contributed by atoms with Gasteiger partial charge in [-0.25, -0.2) is 36.2 Å². The van der Waals surface area contributed by atoms with E-state index in [1.54, 1.807) is 25.2 Å². The predicted molar refractivity (Wildman–Crippen MR) is 131 cm³/mol. The number of hydrogen-bond acceptors (Lipinski definition) is 8. The Kier molecular flexibility index (Phi) is 10.0. The van der Waals surface area contributed by atoms with Crippen LogP contribution in [0.2, 0.25) is 0 Å². The molecule has 0 spiro atoms. The first-order chi connectivity index (χ1) is 18.1. The van der Waals surface area contributed by atoms with Crippen molar-refractivity contribution in [3.63, 3.8) is 0 Å². The van der Waals surface area contributed by atoms with E-state index in [4.69, 9.17) is 9.53 Å². The van der Waals surface area contributed by atoms with Crippen molar-refractivity contribution in [2.45, 2.75) is 17.4 Å². The van der Waals surface area contributed by atoms with Gasteiger partial charge in [-0.2, -0.15) is 0 Å². The summed E-state index contributed by atoms with van der Waals surface area (Å²) in [6.45, 7) is 1.01. The summed E-state index contributed by atoms with van der Waals surface area (Å²) >= 11 is 0. The van der Waals surface area contributed by atoms with Crippen molar-refractivity contribution < 1.29 is 40.3 Å². The number of ether oxygens (including phenoxy) is 1. The van der Waals surface area contributed by atoms with Crippen molar-refractivity contribution in [1.29, 1.82) is 0 Å². The van der Waals surface area contributed by atoms with Crippen molar-refractivity contribution in [3.05, 3.63) is 54.1 Å². The standard InChI is InChI=1S/C21H25F2N5O4S.C2H2F2O/c1-24-13-16-14-27(21(29)32-16)15-11-18(22)20(19(23)12-15)26-8-7-25-28(10-9-26)33(30,31)17-5-3-2-4-6-17;3-2(4)1-5/h2-6,11-12,16,24-25H,7-10,13-14H2,1H3;1-2H/t16-;/m0./s1. The molecule has 15 heteroatoms. The molecule has 0 bridgehead atoms. The SMILES string of the molecule is CNC[C@H]1CN(c2cc(F)c(N3CCNN(S(=O)(=O)c4ccccc4)CC3)c(F)c2)C(=O)O1.O=CC(F)F. The lowest BCUT2D eigenvalue weighted by atomic mass is 10.2. The highest BCUT2D eigenvalue weighted by Gasteiger charge is 2.34. The van der Waals surface area contributed by atoms with Gasteiger partial charge in [-0.1, -0.05) is 18.2 Å². The molecule has 1 amide bonds. The van der Waals surface area contributed by atoms with Crippen LogP contribution in [-0.2, 0) is 19.6 Å². The molecule has 2 aliphatic heterocycles. The normalized spacial score (nSPS) is 18.6. The second-order valence-corrected chi connectivity index (χ2v) is 10.1. The number of nitrogens with zero attached hydrogens (tertiary/aromatic N) is 3. The molecule has 1 atom stereocenters. The Bertz CT molecular complexity index is 1200. The second kappa shape index (κ2) is 13.0. The topological polar surface area (TPSA) is 111 Å². The average Bonchev–Trinajstić information content (AvgIpc) is 3.08. The maximum absolute atomic E-state index is 15.0. The molecule has 208 valence electrons. The van der Waals surface area contributed by atoms with E-state index in [9.17, 15) is 22.0 Å². The third-order valence-corrected chi connectivity index (χ3v) is 7.37. The first-order valence-electron chi connectivity index (χ1n) is 11.5. The zero-order valence-electron chi connectivity index (χ0n) is 20.3. The van der Waals surface area contributed by atoms with Gasteiger partial charge in [-0.05, 0) is 19.2 Å². The molecule has 2 N–H and O–H groups in total. The maximum atomic E-state index is 15.0. The highest BCUT2D eigenvalue weighted by atomic mass is 32.2. The van der Waals surface area contributed by atoms with Gasteiger partial charge in [0.15, 0.2) is 17.9 Å². The van der Waals surface area contributed by atoms with Crippen LogP contribution in [0.3, 0.4) is 0 Å². The number of carbonyl (C=O) groups is 2. The molecule has 4 rings (SSSR count). The third kappa shape index (κ3) is 6.98. The zero-order chi connectivity index (χ0) is 27.9. The first kappa shape index (κ1) is 29.3. The van der Waals surface area contributed by atoms with Crippen molar-refractivity contribution in [2.75, 3.05) is 56.1 Å². The predicted octanol–water partition coefficient (Wildman–Crippen LogP) is 1.98. The molecule has 2 aromatic rings. The molecule has 2 fully saturated rings. The molecular formula is C23H27F4N5O5S. The van der Waals surface area contributed by atoms with Crippen LogP contribution in [0.15, 0.2) is 47.4 Å². The molecule has 0 saturated carbocycles. The Morgan fingerprint density at radius 2 is 1.76 bits per heavy atom. The Morgan fingerprint density at radius 1 is 1.13 bits per heavy atom. The van der Waals surface area contributed by atoms with Gasteiger partial charge >= 0.3 is 6.09 Å². The van der Waals surface area contributed by atoms with Crippen molar-refractivity contribution in [2.24, 2.45) is 0 Å². The Morgan fingerprint density at radius 3 is 2.34 bits per heavy atom. The van der Waals surface area contributed by atoms with Gasteiger partial charge in [0, 0.05) is 44.9 Å². The average molecular weight is 562 g/mol. The fourth-order valence-corrected chi connectivity index (χ4v) is 5.28. The fourth-order valence-electron chi connectivity index (χ4n) is 3.94. The zero-order valence-corrected chi connectivity index (χ0v) is 21.1. The van der Waals surface area contributed by atoms with E-state index < -0.39 is 46.6 Å². The number of sulfonamides is 1. The minimum absolute atomic E-state index is 0.0119. The van der Waals surface area contributed by atoms with E-state index in [-0.39, 0.29) is 49.0 Å². The van der Waals surface area contributed by atoms with E-state index in [0.717, 1.165) is 16.5 Å². The molecule has 2 aliphatic rings. The van der Waals surface area contributed by atoms with Crippen LogP contribution < -0.4 is 20.5 Å². The molecule has 10 nitrogen and oxygen atoms in total. The molecule has 2 aromatic carbocycles. The summed E-state index contributed by atoms with van der Waals surface area (Å²) in [5.74, 6) is -1.68. The third-order valence-electron chi connectivity index (χ3n) is 5.61. The van der Waals surface area contributed by atoms with Crippen LogP contribution >= 0.6 is 0 Å². The van der Waals surface area contributed by atoms with Gasteiger partial charge in [0.25, 0.3) is 16.4 Å². The molecule has 38 heavy (non-hydrogen) atoms.